The summed E-state index contributed by atoms with van der Waals surface area (Å²) < 4.78 is 36.9. The topological polar surface area (TPSA) is 54.1 Å². The molecule has 6 heteroatoms. The summed E-state index contributed by atoms with van der Waals surface area (Å²) in [5.41, 5.74) is 14.1. The Morgan fingerprint density at radius 1 is 0.307 bits per heavy atom. The van der Waals surface area contributed by atoms with Crippen LogP contribution in [0.2, 0.25) is 0 Å². The second kappa shape index (κ2) is 22.1. The molecule has 0 radical (unpaired) electrons. The minimum Gasteiger partial charge on any atom is -0.305 e. The molecular formula is C82H72F2N4. The summed E-state index contributed by atoms with van der Waals surface area (Å²) in [5, 5.41) is 27.3. The fourth-order valence-electron chi connectivity index (χ4n) is 12.5. The molecule has 0 fully saturated rings. The average molecular weight is 1150 g/mol. The van der Waals surface area contributed by atoms with Crippen molar-refractivity contribution in [2.75, 3.05) is 9.80 Å². The van der Waals surface area contributed by atoms with Gasteiger partial charge < -0.3 is 9.80 Å². The van der Waals surface area contributed by atoms with Crippen molar-refractivity contribution in [3.8, 4) is 56.6 Å². The number of rotatable bonds is 10. The highest BCUT2D eigenvalue weighted by Gasteiger charge is 2.31. The van der Waals surface area contributed by atoms with Gasteiger partial charge in [-0.15, -0.1) is 0 Å². The number of nitriles is 2. The van der Waals surface area contributed by atoms with Crippen molar-refractivity contribution in [3.05, 3.63) is 263 Å². The first-order valence-electron chi connectivity index (χ1n) is 30.3. The monoisotopic (exact) mass is 1150 g/mol. The van der Waals surface area contributed by atoms with E-state index >= 15 is 8.78 Å². The predicted octanol–water partition coefficient (Wildman–Crippen LogP) is 23.4. The molecule has 0 saturated heterocycles. The SMILES string of the molecule is CC(C)(C)c1ccc(-c2cc(F)c(N(c3ccccc3C#N)c3ccc4ccc5c(N(c6ccccc6C#N)c6c(F)cc(-c7ccc(C(C)(C)C)cc7)cc6-c6ccc(C(C)(C)C)cc6)ccc6ccc3c4c65)c(-c3ccc(C(C)(C)C)cc3)c2)cc1. The first kappa shape index (κ1) is 58.5. The molecule has 4 nitrogen and oxygen atoms in total. The van der Waals surface area contributed by atoms with Crippen molar-refractivity contribution in [2.45, 2.75) is 105 Å². The average Bonchev–Trinajstić information content (AvgIpc) is 0.800. The highest BCUT2D eigenvalue weighted by molar-refractivity contribution is 6.28. The zero-order valence-corrected chi connectivity index (χ0v) is 52.3. The van der Waals surface area contributed by atoms with E-state index in [9.17, 15) is 10.5 Å². The first-order valence-corrected chi connectivity index (χ1v) is 30.3. The molecule has 0 N–H and O–H groups in total. The summed E-state index contributed by atoms with van der Waals surface area (Å²) in [5.74, 6) is -0.919. The molecule has 0 aliphatic carbocycles. The summed E-state index contributed by atoms with van der Waals surface area (Å²) in [6.45, 7) is 26.2. The van der Waals surface area contributed by atoms with Crippen LogP contribution in [0, 0.1) is 34.3 Å². The van der Waals surface area contributed by atoms with Gasteiger partial charge >= 0.3 is 0 Å². The number of hydrogen-bond donors (Lipinski definition) is 0. The van der Waals surface area contributed by atoms with Crippen LogP contribution in [0.1, 0.15) is 116 Å². The van der Waals surface area contributed by atoms with E-state index in [0.717, 1.165) is 76.8 Å². The third-order valence-electron chi connectivity index (χ3n) is 17.5. The normalized spacial score (nSPS) is 12.2. The van der Waals surface area contributed by atoms with Crippen LogP contribution >= 0.6 is 0 Å². The Morgan fingerprint density at radius 2 is 0.602 bits per heavy atom. The zero-order chi connectivity index (χ0) is 62.2. The number of para-hydroxylation sites is 2. The third-order valence-corrected chi connectivity index (χ3v) is 17.5. The molecule has 0 unspecified atom stereocenters. The Balaban J connectivity index is 1.13. The Bertz CT molecular complexity index is 4420. The van der Waals surface area contributed by atoms with E-state index in [0.29, 0.717) is 56.4 Å². The smallest absolute Gasteiger partial charge is 0.148 e. The molecule has 0 spiro atoms. The number of nitrogens with zero attached hydrogens (tertiary/aromatic N) is 4. The molecule has 434 valence electrons. The quantitative estimate of drug-likeness (QED) is 0.128. The fraction of sp³-hybridized carbons (Fsp3) is 0.195. The first-order chi connectivity index (χ1) is 41.9. The van der Waals surface area contributed by atoms with Gasteiger partial charge in [-0.1, -0.05) is 241 Å². The van der Waals surface area contributed by atoms with Crippen LogP contribution in [0.3, 0.4) is 0 Å². The second-order valence-electron chi connectivity index (χ2n) is 27.5. The maximum Gasteiger partial charge on any atom is 0.148 e. The van der Waals surface area contributed by atoms with Gasteiger partial charge in [0.15, 0.2) is 0 Å². The Hall–Kier alpha value is -9.88. The minimum absolute atomic E-state index is 0.0694. The van der Waals surface area contributed by atoms with Crippen LogP contribution in [0.25, 0.3) is 76.8 Å². The van der Waals surface area contributed by atoms with Crippen LogP contribution < -0.4 is 9.80 Å². The van der Waals surface area contributed by atoms with Crippen LogP contribution in [0.4, 0.5) is 42.9 Å². The van der Waals surface area contributed by atoms with Gasteiger partial charge in [-0.25, -0.2) is 8.78 Å². The summed E-state index contributed by atoms with van der Waals surface area (Å²) in [4.78, 5) is 3.86. The van der Waals surface area contributed by atoms with Gasteiger partial charge in [-0.3, -0.25) is 0 Å². The van der Waals surface area contributed by atoms with Crippen LogP contribution in [-0.2, 0) is 21.7 Å². The predicted molar refractivity (Wildman–Crippen MR) is 365 cm³/mol. The highest BCUT2D eigenvalue weighted by Crippen LogP contribution is 2.53. The number of halogens is 2. The molecule has 88 heavy (non-hydrogen) atoms. The van der Waals surface area contributed by atoms with Crippen molar-refractivity contribution in [1.82, 2.24) is 0 Å². The molecule has 0 amide bonds. The van der Waals surface area contributed by atoms with Crippen LogP contribution in [0.5, 0.6) is 0 Å². The molecule has 0 aromatic heterocycles. The molecule has 0 aliphatic heterocycles. The van der Waals surface area contributed by atoms with Crippen molar-refractivity contribution in [1.29, 1.82) is 10.5 Å². The number of hydrogen-bond acceptors (Lipinski definition) is 4. The lowest BCUT2D eigenvalue weighted by Gasteiger charge is -2.32. The van der Waals surface area contributed by atoms with Crippen LogP contribution in [0.15, 0.2) is 218 Å². The highest BCUT2D eigenvalue weighted by atomic mass is 19.1. The third kappa shape index (κ3) is 10.7. The van der Waals surface area contributed by atoms with Gasteiger partial charge in [0.05, 0.1) is 45.3 Å². The number of anilines is 6. The van der Waals surface area contributed by atoms with Gasteiger partial charge in [0, 0.05) is 21.9 Å². The van der Waals surface area contributed by atoms with Crippen LogP contribution in [-0.4, -0.2) is 0 Å². The largest absolute Gasteiger partial charge is 0.305 e. The van der Waals surface area contributed by atoms with E-state index in [1.165, 1.54) is 11.1 Å². The van der Waals surface area contributed by atoms with E-state index in [2.05, 4.69) is 241 Å². The van der Waals surface area contributed by atoms with Gasteiger partial charge in [0.2, 0.25) is 0 Å². The van der Waals surface area contributed by atoms with Crippen molar-refractivity contribution >= 4 is 66.4 Å². The lowest BCUT2D eigenvalue weighted by molar-refractivity contribution is 0.590. The van der Waals surface area contributed by atoms with E-state index in [1.807, 2.05) is 58.3 Å². The van der Waals surface area contributed by atoms with Crippen molar-refractivity contribution < 1.29 is 8.78 Å². The van der Waals surface area contributed by atoms with Crippen molar-refractivity contribution in [3.63, 3.8) is 0 Å². The van der Waals surface area contributed by atoms with Gasteiger partial charge in [-0.05, 0) is 160 Å². The Labute approximate surface area is 517 Å². The molecule has 0 heterocycles. The van der Waals surface area contributed by atoms with Gasteiger partial charge in [0.25, 0.3) is 0 Å². The minimum atomic E-state index is -0.460. The lowest BCUT2D eigenvalue weighted by atomic mass is 9.85. The van der Waals surface area contributed by atoms with E-state index in [-0.39, 0.29) is 21.7 Å². The maximum absolute atomic E-state index is 18.5. The molecule has 0 saturated carbocycles. The van der Waals surface area contributed by atoms with E-state index in [1.54, 1.807) is 24.3 Å². The summed E-state index contributed by atoms with van der Waals surface area (Å²) in [6.07, 6.45) is 0. The lowest BCUT2D eigenvalue weighted by Crippen LogP contribution is -2.16. The molecular weight excluding hydrogens is 1080 g/mol. The summed E-state index contributed by atoms with van der Waals surface area (Å²) in [6, 6.07) is 77.2. The maximum atomic E-state index is 18.5. The van der Waals surface area contributed by atoms with E-state index in [4.69, 9.17) is 0 Å². The van der Waals surface area contributed by atoms with Crippen molar-refractivity contribution in [2.24, 2.45) is 0 Å². The number of benzene rings is 12. The standard InChI is InChI=1S/C82H72F2N4/c1-79(2,3)61-33-21-51(22-34-61)59-45-67(53-25-37-63(38-26-53)81(7,8)9)77(69(83)47-59)87(71-19-15-13-17-57(71)49-85)73-43-31-55-30-42-66-74(44-32-56-29-41-65(73)75(55)76(56)66)88(72-20-16-14-18-58(72)50-86)78-68(54-27-39-64(40-28-54)82(10,11)12)46-60(48-70(78)84)52-23-35-62(36-24-52)80(4,5)6/h13-48H,1-12H3. The van der Waals surface area contributed by atoms with E-state index < -0.39 is 11.6 Å². The molecule has 12 aromatic rings. The molecule has 0 aliphatic rings. The second-order valence-corrected chi connectivity index (χ2v) is 27.5. The summed E-state index contributed by atoms with van der Waals surface area (Å²) in [7, 11) is 0. The Morgan fingerprint density at radius 3 is 0.909 bits per heavy atom. The summed E-state index contributed by atoms with van der Waals surface area (Å²) >= 11 is 0. The fourth-order valence-corrected chi connectivity index (χ4v) is 12.5. The molecule has 12 rings (SSSR count). The molecule has 0 bridgehead atoms. The molecule has 12 aromatic carbocycles. The Kier molecular flexibility index (Phi) is 14.7. The van der Waals surface area contributed by atoms with Gasteiger partial charge in [-0.2, -0.15) is 10.5 Å². The molecule has 0 atom stereocenters. The zero-order valence-electron chi connectivity index (χ0n) is 52.3. The van der Waals surface area contributed by atoms with Gasteiger partial charge in [0.1, 0.15) is 23.8 Å².